The van der Waals surface area contributed by atoms with Gasteiger partial charge in [0.25, 0.3) is 11.8 Å². The van der Waals surface area contributed by atoms with E-state index in [-0.39, 0.29) is 11.8 Å². The number of nitrogen functional groups attached to an aromatic ring is 2. The SMILES string of the molecule is CN(C(=O)c1cccc(C(=O)N(C)c2ccc(N)cc2)c1)c1ccc(N)cc1. The summed E-state index contributed by atoms with van der Waals surface area (Å²) in [5, 5.41) is 0. The summed E-state index contributed by atoms with van der Waals surface area (Å²) in [5.41, 5.74) is 14.9. The summed E-state index contributed by atoms with van der Waals surface area (Å²) in [5.74, 6) is -0.427. The summed E-state index contributed by atoms with van der Waals surface area (Å²) in [6.45, 7) is 0. The molecule has 6 heteroatoms. The molecule has 0 fully saturated rings. The van der Waals surface area contributed by atoms with E-state index in [1.165, 1.54) is 9.80 Å². The first-order chi connectivity index (χ1) is 13.4. The number of benzene rings is 3. The molecule has 0 radical (unpaired) electrons. The Labute approximate surface area is 164 Å². The van der Waals surface area contributed by atoms with Gasteiger partial charge in [0.2, 0.25) is 0 Å². The lowest BCUT2D eigenvalue weighted by Gasteiger charge is -2.20. The van der Waals surface area contributed by atoms with Crippen LogP contribution in [0.4, 0.5) is 22.7 Å². The summed E-state index contributed by atoms with van der Waals surface area (Å²) >= 11 is 0. The van der Waals surface area contributed by atoms with Crippen molar-refractivity contribution in [3.05, 3.63) is 83.9 Å². The van der Waals surface area contributed by atoms with Crippen LogP contribution in [0.1, 0.15) is 20.7 Å². The molecule has 0 saturated heterocycles. The van der Waals surface area contributed by atoms with Crippen molar-refractivity contribution >= 4 is 34.6 Å². The smallest absolute Gasteiger partial charge is 0.258 e. The Bertz CT molecular complexity index is 919. The first-order valence-corrected chi connectivity index (χ1v) is 8.74. The number of amides is 2. The van der Waals surface area contributed by atoms with E-state index in [1.807, 2.05) is 0 Å². The van der Waals surface area contributed by atoms with E-state index in [2.05, 4.69) is 0 Å². The molecule has 0 aliphatic heterocycles. The van der Waals surface area contributed by atoms with Crippen molar-refractivity contribution in [2.45, 2.75) is 0 Å². The van der Waals surface area contributed by atoms with Gasteiger partial charge in [-0.1, -0.05) is 6.07 Å². The molecule has 3 aromatic carbocycles. The molecule has 4 N–H and O–H groups in total. The molecule has 0 atom stereocenters. The molecule has 0 saturated carbocycles. The summed E-state index contributed by atoms with van der Waals surface area (Å²) in [6.07, 6.45) is 0. The van der Waals surface area contributed by atoms with Gasteiger partial charge in [-0.25, -0.2) is 0 Å². The lowest BCUT2D eigenvalue weighted by molar-refractivity contribution is 0.0992. The van der Waals surface area contributed by atoms with Crippen LogP contribution in [0.25, 0.3) is 0 Å². The van der Waals surface area contributed by atoms with Crippen LogP contribution in [-0.2, 0) is 0 Å². The largest absolute Gasteiger partial charge is 0.399 e. The number of hydrogen-bond donors (Lipinski definition) is 2. The summed E-state index contributed by atoms with van der Waals surface area (Å²) in [4.78, 5) is 28.7. The van der Waals surface area contributed by atoms with Crippen LogP contribution in [0.3, 0.4) is 0 Å². The molecule has 6 nitrogen and oxygen atoms in total. The normalized spacial score (nSPS) is 10.4. The van der Waals surface area contributed by atoms with Crippen LogP contribution in [0.5, 0.6) is 0 Å². The maximum absolute atomic E-state index is 12.8. The summed E-state index contributed by atoms with van der Waals surface area (Å²) in [6, 6.07) is 20.7. The molecule has 3 rings (SSSR count). The zero-order valence-corrected chi connectivity index (χ0v) is 15.8. The number of carbonyl (C=O) groups excluding carboxylic acids is 2. The molecule has 0 bridgehead atoms. The monoisotopic (exact) mass is 374 g/mol. The lowest BCUT2D eigenvalue weighted by atomic mass is 10.1. The molecule has 0 aliphatic rings. The summed E-state index contributed by atoms with van der Waals surface area (Å²) < 4.78 is 0. The van der Waals surface area contributed by atoms with Crippen molar-refractivity contribution in [2.75, 3.05) is 35.4 Å². The van der Waals surface area contributed by atoms with Gasteiger partial charge in [0.05, 0.1) is 0 Å². The predicted molar refractivity (Wildman–Crippen MR) is 114 cm³/mol. The lowest BCUT2D eigenvalue weighted by Crippen LogP contribution is -2.28. The van der Waals surface area contributed by atoms with Crippen LogP contribution in [0, 0.1) is 0 Å². The van der Waals surface area contributed by atoms with Crippen LogP contribution in [0.15, 0.2) is 72.8 Å². The standard InChI is InChI=1S/C22H22N4O2/c1-25(19-10-6-17(23)7-11-19)21(27)15-4-3-5-16(14-15)22(28)26(2)20-12-8-18(24)9-13-20/h3-14H,23-24H2,1-2H3. The Morgan fingerprint density at radius 2 is 1.00 bits per heavy atom. The van der Waals surface area contributed by atoms with Crippen LogP contribution in [-0.4, -0.2) is 25.9 Å². The number of nitrogens with two attached hydrogens (primary N) is 2. The van der Waals surface area contributed by atoms with Crippen LogP contribution < -0.4 is 21.3 Å². The van der Waals surface area contributed by atoms with E-state index < -0.39 is 0 Å². The highest BCUT2D eigenvalue weighted by Gasteiger charge is 2.18. The molecule has 2 amide bonds. The zero-order valence-electron chi connectivity index (χ0n) is 15.8. The summed E-state index contributed by atoms with van der Waals surface area (Å²) in [7, 11) is 3.37. The maximum atomic E-state index is 12.8. The number of nitrogens with zero attached hydrogens (tertiary/aromatic N) is 2. The minimum absolute atomic E-state index is 0.213. The molecule has 142 valence electrons. The van der Waals surface area contributed by atoms with Gasteiger partial charge in [0.15, 0.2) is 0 Å². The Balaban J connectivity index is 1.82. The molecule has 3 aromatic rings. The highest BCUT2D eigenvalue weighted by molar-refractivity contribution is 6.10. The fourth-order valence-corrected chi connectivity index (χ4v) is 2.80. The third-order valence-electron chi connectivity index (χ3n) is 4.53. The number of hydrogen-bond acceptors (Lipinski definition) is 4. The van der Waals surface area contributed by atoms with E-state index >= 15 is 0 Å². The second kappa shape index (κ2) is 7.84. The molecule has 0 heterocycles. The highest BCUT2D eigenvalue weighted by atomic mass is 16.2. The van der Waals surface area contributed by atoms with Gasteiger partial charge in [-0.2, -0.15) is 0 Å². The molecular weight excluding hydrogens is 352 g/mol. The fraction of sp³-hybridized carbons (Fsp3) is 0.0909. The second-order valence-electron chi connectivity index (χ2n) is 6.49. The average Bonchev–Trinajstić information content (AvgIpc) is 2.73. The topological polar surface area (TPSA) is 92.7 Å². The fourth-order valence-electron chi connectivity index (χ4n) is 2.80. The average molecular weight is 374 g/mol. The van der Waals surface area contributed by atoms with E-state index in [0.717, 1.165) is 11.4 Å². The number of anilines is 4. The number of carbonyl (C=O) groups is 2. The molecule has 0 aliphatic carbocycles. The van der Waals surface area contributed by atoms with Crippen LogP contribution >= 0.6 is 0 Å². The quantitative estimate of drug-likeness (QED) is 0.685. The first kappa shape index (κ1) is 19.0. The third kappa shape index (κ3) is 3.96. The van der Waals surface area contributed by atoms with Crippen molar-refractivity contribution in [2.24, 2.45) is 0 Å². The van der Waals surface area contributed by atoms with Crippen molar-refractivity contribution in [1.29, 1.82) is 0 Å². The second-order valence-corrected chi connectivity index (χ2v) is 6.49. The minimum Gasteiger partial charge on any atom is -0.399 e. The molecular formula is C22H22N4O2. The molecule has 0 aromatic heterocycles. The maximum Gasteiger partial charge on any atom is 0.258 e. The van der Waals surface area contributed by atoms with Crippen molar-refractivity contribution in [3.8, 4) is 0 Å². The van der Waals surface area contributed by atoms with Crippen molar-refractivity contribution in [1.82, 2.24) is 0 Å². The Hall–Kier alpha value is -3.80. The predicted octanol–water partition coefficient (Wildman–Crippen LogP) is 3.40. The van der Waals surface area contributed by atoms with Gasteiger partial charge in [-0.3, -0.25) is 9.59 Å². The van der Waals surface area contributed by atoms with Crippen LogP contribution in [0.2, 0.25) is 0 Å². The van der Waals surface area contributed by atoms with Crippen molar-refractivity contribution in [3.63, 3.8) is 0 Å². The van der Waals surface area contributed by atoms with E-state index in [9.17, 15) is 9.59 Å². The van der Waals surface area contributed by atoms with Gasteiger partial charge in [0.1, 0.15) is 0 Å². The third-order valence-corrected chi connectivity index (χ3v) is 4.53. The Morgan fingerprint density at radius 1 is 0.643 bits per heavy atom. The molecule has 0 unspecified atom stereocenters. The highest BCUT2D eigenvalue weighted by Crippen LogP contribution is 2.20. The van der Waals surface area contributed by atoms with Crippen molar-refractivity contribution < 1.29 is 9.59 Å². The van der Waals surface area contributed by atoms with Gasteiger partial charge < -0.3 is 21.3 Å². The molecule has 28 heavy (non-hydrogen) atoms. The van der Waals surface area contributed by atoms with Gasteiger partial charge in [-0.05, 0) is 66.7 Å². The Kier molecular flexibility index (Phi) is 5.31. The van der Waals surface area contributed by atoms with E-state index in [0.29, 0.717) is 22.5 Å². The van der Waals surface area contributed by atoms with Gasteiger partial charge in [0, 0.05) is 48.0 Å². The minimum atomic E-state index is -0.213. The zero-order chi connectivity index (χ0) is 20.3. The molecule has 0 spiro atoms. The van der Waals surface area contributed by atoms with Gasteiger partial charge in [-0.15, -0.1) is 0 Å². The number of rotatable bonds is 4. The van der Waals surface area contributed by atoms with Gasteiger partial charge >= 0.3 is 0 Å². The van der Waals surface area contributed by atoms with E-state index in [4.69, 9.17) is 11.5 Å². The first-order valence-electron chi connectivity index (χ1n) is 8.74. The van der Waals surface area contributed by atoms with E-state index in [1.54, 1.807) is 86.9 Å². The Morgan fingerprint density at radius 3 is 1.36 bits per heavy atom.